The number of rotatable bonds is 5. The van der Waals surface area contributed by atoms with Gasteiger partial charge in [-0.25, -0.2) is 15.0 Å². The Morgan fingerprint density at radius 3 is 2.81 bits per heavy atom. The molecular weight excluding hydrogens is 436 g/mol. The first-order valence-electron chi connectivity index (χ1n) is 9.02. The summed E-state index contributed by atoms with van der Waals surface area (Å²) in [6.07, 6.45) is 10.3. The van der Waals surface area contributed by atoms with Crippen LogP contribution in [-0.4, -0.2) is 37.9 Å². The van der Waals surface area contributed by atoms with Crippen LogP contribution in [0, 0.1) is 19.3 Å². The molecule has 1 amide bonds. The summed E-state index contributed by atoms with van der Waals surface area (Å²) in [5.74, 6) is 2.63. The van der Waals surface area contributed by atoms with E-state index < -0.39 is 0 Å². The fourth-order valence-corrected chi connectivity index (χ4v) is 3.89. The highest BCUT2D eigenvalue weighted by atomic mass is 35.5. The van der Waals surface area contributed by atoms with Gasteiger partial charge in [-0.15, -0.1) is 12.3 Å². The summed E-state index contributed by atoms with van der Waals surface area (Å²) < 4.78 is 5.40. The molecule has 0 aromatic carbocycles. The van der Waals surface area contributed by atoms with Crippen LogP contribution in [0.25, 0.3) is 21.6 Å². The molecule has 0 radical (unpaired) electrons. The Bertz CT molecular complexity index is 1350. The quantitative estimate of drug-likeness (QED) is 0.363. The number of nitrogens with one attached hydrogen (secondary N) is 1. The highest BCUT2D eigenvalue weighted by Gasteiger charge is 2.19. The standard InChI is InChI=1S/C21H15ClN6O2S/c1-4-5-12-8-25-18-20(26-12)31-21(27-18)28-19(29)15-9-23-11(2)6-13(15)14-7-17(22)24-10-16(14)30-3/h1,6-10H,5H2,2-3H3,(H,25,27,28,29). The van der Waals surface area contributed by atoms with Crippen LogP contribution in [0.2, 0.25) is 5.15 Å². The van der Waals surface area contributed by atoms with Crippen molar-refractivity contribution in [3.63, 3.8) is 0 Å². The van der Waals surface area contributed by atoms with Gasteiger partial charge in [0.25, 0.3) is 5.91 Å². The average molecular weight is 451 g/mol. The highest BCUT2D eigenvalue weighted by molar-refractivity contribution is 7.21. The SMILES string of the molecule is C#CCc1cnc2nc(NC(=O)c3cnc(C)cc3-c3cc(Cl)ncc3OC)sc2n1. The lowest BCUT2D eigenvalue weighted by molar-refractivity contribution is 0.102. The molecule has 154 valence electrons. The Morgan fingerprint density at radius 1 is 1.19 bits per heavy atom. The predicted molar refractivity (Wildman–Crippen MR) is 119 cm³/mol. The second-order valence-electron chi connectivity index (χ2n) is 6.42. The van der Waals surface area contributed by atoms with Crippen LogP contribution in [0.5, 0.6) is 5.75 Å². The van der Waals surface area contributed by atoms with Crippen molar-refractivity contribution in [2.45, 2.75) is 13.3 Å². The molecule has 0 saturated carbocycles. The molecule has 4 aromatic rings. The van der Waals surface area contributed by atoms with E-state index in [0.29, 0.717) is 50.2 Å². The van der Waals surface area contributed by atoms with Gasteiger partial charge in [0.05, 0.1) is 37.2 Å². The minimum Gasteiger partial charge on any atom is -0.494 e. The number of anilines is 1. The fraction of sp³-hybridized carbons (Fsp3) is 0.143. The number of ether oxygens (including phenoxy) is 1. The Kier molecular flexibility index (Phi) is 5.75. The van der Waals surface area contributed by atoms with Crippen LogP contribution in [0.4, 0.5) is 5.13 Å². The van der Waals surface area contributed by atoms with Crippen molar-refractivity contribution >= 4 is 44.5 Å². The Balaban J connectivity index is 1.71. The van der Waals surface area contributed by atoms with Crippen molar-refractivity contribution in [2.75, 3.05) is 12.4 Å². The molecule has 0 aliphatic carbocycles. The second kappa shape index (κ2) is 8.63. The monoisotopic (exact) mass is 450 g/mol. The van der Waals surface area contributed by atoms with Gasteiger partial charge in [0.2, 0.25) is 0 Å². The van der Waals surface area contributed by atoms with E-state index in [4.69, 9.17) is 22.8 Å². The smallest absolute Gasteiger partial charge is 0.259 e. The summed E-state index contributed by atoms with van der Waals surface area (Å²) in [6, 6.07) is 3.43. The number of hydrogen-bond donors (Lipinski definition) is 1. The number of terminal acetylenes is 1. The van der Waals surface area contributed by atoms with Crippen molar-refractivity contribution in [3.05, 3.63) is 52.8 Å². The maximum Gasteiger partial charge on any atom is 0.259 e. The van der Waals surface area contributed by atoms with E-state index in [0.717, 1.165) is 5.69 Å². The molecule has 0 unspecified atom stereocenters. The van der Waals surface area contributed by atoms with E-state index in [2.05, 4.69) is 36.2 Å². The van der Waals surface area contributed by atoms with E-state index in [1.54, 1.807) is 18.3 Å². The normalized spacial score (nSPS) is 10.6. The molecule has 4 aromatic heterocycles. The number of pyridine rings is 2. The van der Waals surface area contributed by atoms with Gasteiger partial charge in [-0.1, -0.05) is 22.9 Å². The fourth-order valence-electron chi connectivity index (χ4n) is 2.92. The summed E-state index contributed by atoms with van der Waals surface area (Å²) in [5.41, 5.74) is 3.41. The molecule has 0 aliphatic rings. The van der Waals surface area contributed by atoms with Gasteiger partial charge in [0.1, 0.15) is 10.9 Å². The molecule has 10 heteroatoms. The van der Waals surface area contributed by atoms with Gasteiger partial charge in [0, 0.05) is 23.0 Å². The van der Waals surface area contributed by atoms with Gasteiger partial charge in [-0.2, -0.15) is 4.98 Å². The number of aromatic nitrogens is 5. The Labute approximate surface area is 186 Å². The average Bonchev–Trinajstić information content (AvgIpc) is 3.15. The van der Waals surface area contributed by atoms with Gasteiger partial charge >= 0.3 is 0 Å². The van der Waals surface area contributed by atoms with Gasteiger partial charge in [-0.05, 0) is 19.1 Å². The molecule has 0 spiro atoms. The molecule has 0 bridgehead atoms. The van der Waals surface area contributed by atoms with E-state index in [1.165, 1.54) is 30.8 Å². The Morgan fingerprint density at radius 2 is 2.03 bits per heavy atom. The van der Waals surface area contributed by atoms with E-state index in [-0.39, 0.29) is 11.1 Å². The minimum absolute atomic E-state index is 0.280. The molecule has 4 heterocycles. The number of carbonyl (C=O) groups excluding carboxylic acids is 1. The van der Waals surface area contributed by atoms with Crippen LogP contribution in [-0.2, 0) is 6.42 Å². The molecule has 31 heavy (non-hydrogen) atoms. The number of carbonyl (C=O) groups is 1. The maximum atomic E-state index is 13.1. The zero-order chi connectivity index (χ0) is 22.0. The highest BCUT2D eigenvalue weighted by Crippen LogP contribution is 2.34. The molecule has 0 fully saturated rings. The van der Waals surface area contributed by atoms with E-state index in [1.807, 2.05) is 6.92 Å². The van der Waals surface area contributed by atoms with Crippen molar-refractivity contribution < 1.29 is 9.53 Å². The molecule has 4 rings (SSSR count). The van der Waals surface area contributed by atoms with E-state index >= 15 is 0 Å². The number of fused-ring (bicyclic) bond motifs is 1. The van der Waals surface area contributed by atoms with Crippen LogP contribution in [0.15, 0.2) is 30.7 Å². The van der Waals surface area contributed by atoms with Crippen molar-refractivity contribution in [2.24, 2.45) is 0 Å². The summed E-state index contributed by atoms with van der Waals surface area (Å²) in [7, 11) is 1.53. The number of amides is 1. The lowest BCUT2D eigenvalue weighted by atomic mass is 10.0. The number of halogens is 1. The molecule has 8 nitrogen and oxygen atoms in total. The van der Waals surface area contributed by atoms with Crippen LogP contribution < -0.4 is 10.1 Å². The van der Waals surface area contributed by atoms with Crippen molar-refractivity contribution in [1.82, 2.24) is 24.9 Å². The summed E-state index contributed by atoms with van der Waals surface area (Å²) in [4.78, 5) is 35.0. The van der Waals surface area contributed by atoms with Crippen molar-refractivity contribution in [1.29, 1.82) is 0 Å². The number of hydrogen-bond acceptors (Lipinski definition) is 8. The summed E-state index contributed by atoms with van der Waals surface area (Å²) in [6.45, 7) is 1.83. The molecule has 0 aliphatic heterocycles. The number of thiazole rings is 1. The zero-order valence-electron chi connectivity index (χ0n) is 16.5. The molecule has 0 atom stereocenters. The van der Waals surface area contributed by atoms with E-state index in [9.17, 15) is 4.79 Å². The third kappa shape index (κ3) is 4.30. The molecular formula is C21H15ClN6O2S. The van der Waals surface area contributed by atoms with Crippen molar-refractivity contribution in [3.8, 4) is 29.2 Å². The largest absolute Gasteiger partial charge is 0.494 e. The van der Waals surface area contributed by atoms with Gasteiger partial charge in [0.15, 0.2) is 15.6 Å². The number of methoxy groups -OCH3 is 1. The molecule has 1 N–H and O–H groups in total. The lowest BCUT2D eigenvalue weighted by Gasteiger charge is -2.13. The second-order valence-corrected chi connectivity index (χ2v) is 7.79. The topological polar surface area (TPSA) is 103 Å². The first kappa shape index (κ1) is 20.7. The molecule has 0 saturated heterocycles. The van der Waals surface area contributed by atoms with Crippen LogP contribution in [0.3, 0.4) is 0 Å². The number of aryl methyl sites for hydroxylation is 1. The number of nitrogens with zero attached hydrogens (tertiary/aromatic N) is 5. The third-order valence-corrected chi connectivity index (χ3v) is 5.37. The van der Waals surface area contributed by atoms with Crippen LogP contribution >= 0.6 is 22.9 Å². The minimum atomic E-state index is -0.389. The summed E-state index contributed by atoms with van der Waals surface area (Å²) in [5, 5.41) is 3.44. The van der Waals surface area contributed by atoms with Gasteiger partial charge < -0.3 is 4.74 Å². The van der Waals surface area contributed by atoms with Gasteiger partial charge in [-0.3, -0.25) is 15.1 Å². The maximum absolute atomic E-state index is 13.1. The predicted octanol–water partition coefficient (Wildman–Crippen LogP) is 3.94. The first-order valence-corrected chi connectivity index (χ1v) is 10.2. The zero-order valence-corrected chi connectivity index (χ0v) is 18.1. The Hall–Kier alpha value is -3.61. The third-order valence-electron chi connectivity index (χ3n) is 4.31. The lowest BCUT2D eigenvalue weighted by Crippen LogP contribution is -2.14. The summed E-state index contributed by atoms with van der Waals surface area (Å²) >= 11 is 7.30. The van der Waals surface area contributed by atoms with Crippen LogP contribution in [0.1, 0.15) is 21.7 Å². The first-order chi connectivity index (χ1) is 15.0.